The van der Waals surface area contributed by atoms with Gasteiger partial charge in [0.2, 0.25) is 0 Å². The molecule has 1 saturated heterocycles. The van der Waals surface area contributed by atoms with Crippen molar-refractivity contribution in [1.29, 1.82) is 0 Å². The van der Waals surface area contributed by atoms with E-state index < -0.39 is 0 Å². The summed E-state index contributed by atoms with van der Waals surface area (Å²) in [6.07, 6.45) is 8.09. The maximum atomic E-state index is 4.27. The molecule has 5 nitrogen and oxygen atoms in total. The van der Waals surface area contributed by atoms with Crippen LogP contribution in [0.25, 0.3) is 6.08 Å². The van der Waals surface area contributed by atoms with Crippen LogP contribution in [-0.2, 0) is 13.1 Å². The third-order valence-corrected chi connectivity index (χ3v) is 5.94. The summed E-state index contributed by atoms with van der Waals surface area (Å²) >= 11 is 0. The Labute approximate surface area is 154 Å². The summed E-state index contributed by atoms with van der Waals surface area (Å²) in [6, 6.07) is 9.81. The van der Waals surface area contributed by atoms with E-state index in [0.717, 1.165) is 24.7 Å². The Hall–Kier alpha value is -2.40. The topological polar surface area (TPSA) is 37.2 Å². The maximum Gasteiger partial charge on any atom is 0.157 e. The molecule has 3 aliphatic heterocycles. The fourth-order valence-corrected chi connectivity index (χ4v) is 4.33. The molecular formula is C21H25N5. The molecule has 5 rings (SSSR count). The van der Waals surface area contributed by atoms with Crippen molar-refractivity contribution >= 4 is 6.08 Å². The fourth-order valence-electron chi connectivity index (χ4n) is 4.33. The minimum Gasteiger partial charge on any atom is -0.362 e. The molecule has 2 unspecified atom stereocenters. The van der Waals surface area contributed by atoms with Gasteiger partial charge >= 0.3 is 0 Å². The molecule has 5 heteroatoms. The highest BCUT2D eigenvalue weighted by molar-refractivity contribution is 5.48. The van der Waals surface area contributed by atoms with Gasteiger partial charge < -0.3 is 9.47 Å². The Morgan fingerprint density at radius 1 is 0.962 bits per heavy atom. The summed E-state index contributed by atoms with van der Waals surface area (Å²) in [5, 5.41) is 8.52. The number of fused-ring (bicyclic) bond motifs is 3. The summed E-state index contributed by atoms with van der Waals surface area (Å²) in [7, 11) is 0. The molecule has 0 N–H and O–H groups in total. The molecule has 1 aromatic carbocycles. The van der Waals surface area contributed by atoms with Crippen molar-refractivity contribution in [2.24, 2.45) is 0 Å². The van der Waals surface area contributed by atoms with Crippen LogP contribution in [0.4, 0.5) is 0 Å². The van der Waals surface area contributed by atoms with Crippen molar-refractivity contribution in [3.8, 4) is 0 Å². The third-order valence-electron chi connectivity index (χ3n) is 5.94. The molecule has 0 radical (unpaired) electrons. The molecule has 0 amide bonds. The van der Waals surface area contributed by atoms with Crippen LogP contribution in [0, 0.1) is 6.92 Å². The van der Waals surface area contributed by atoms with Crippen molar-refractivity contribution in [3.05, 3.63) is 64.9 Å². The predicted molar refractivity (Wildman–Crippen MR) is 102 cm³/mol. The molecule has 1 fully saturated rings. The Balaban J connectivity index is 1.33. The number of nitrogens with zero attached hydrogens (tertiary/aromatic N) is 5. The Morgan fingerprint density at radius 3 is 2.38 bits per heavy atom. The van der Waals surface area contributed by atoms with Gasteiger partial charge in [-0.1, -0.05) is 30.3 Å². The van der Waals surface area contributed by atoms with Crippen molar-refractivity contribution in [2.75, 3.05) is 13.1 Å². The normalized spacial score (nSPS) is 24.2. The van der Waals surface area contributed by atoms with E-state index in [4.69, 9.17) is 0 Å². The lowest BCUT2D eigenvalue weighted by Gasteiger charge is -2.33. The molecule has 2 aromatic rings. The van der Waals surface area contributed by atoms with E-state index >= 15 is 0 Å². The highest BCUT2D eigenvalue weighted by Gasteiger charge is 2.36. The van der Waals surface area contributed by atoms with Gasteiger partial charge in [0.15, 0.2) is 5.82 Å². The molecule has 0 spiro atoms. The summed E-state index contributed by atoms with van der Waals surface area (Å²) in [5.74, 6) is 1.95. The zero-order chi connectivity index (χ0) is 17.7. The van der Waals surface area contributed by atoms with Gasteiger partial charge in [0, 0.05) is 18.8 Å². The fraction of sp³-hybridized carbons (Fsp3) is 0.429. The minimum absolute atomic E-state index is 0.302. The lowest BCUT2D eigenvalue weighted by Crippen LogP contribution is -2.36. The summed E-state index contributed by atoms with van der Waals surface area (Å²) in [5.41, 5.74) is 4.11. The first-order valence-electron chi connectivity index (χ1n) is 9.54. The average Bonchev–Trinajstić information content (AvgIpc) is 3.13. The maximum absolute atomic E-state index is 4.27. The van der Waals surface area contributed by atoms with Crippen LogP contribution < -0.4 is 0 Å². The van der Waals surface area contributed by atoms with E-state index in [1.54, 1.807) is 0 Å². The molecule has 134 valence electrons. The smallest absolute Gasteiger partial charge is 0.157 e. The first kappa shape index (κ1) is 15.8. The number of aromatic nitrogens is 3. The molecule has 0 aliphatic carbocycles. The molecular weight excluding hydrogens is 322 g/mol. The van der Waals surface area contributed by atoms with Crippen molar-refractivity contribution < 1.29 is 0 Å². The molecule has 26 heavy (non-hydrogen) atoms. The van der Waals surface area contributed by atoms with E-state index in [1.807, 2.05) is 6.92 Å². The van der Waals surface area contributed by atoms with Gasteiger partial charge in [-0.3, -0.25) is 4.90 Å². The lowest BCUT2D eigenvalue weighted by atomic mass is 10.0. The predicted octanol–water partition coefficient (Wildman–Crippen LogP) is 3.15. The van der Waals surface area contributed by atoms with Gasteiger partial charge in [-0.25, -0.2) is 0 Å². The Kier molecular flexibility index (Phi) is 3.71. The summed E-state index contributed by atoms with van der Waals surface area (Å²) < 4.78 is 2.25. The second-order valence-electron chi connectivity index (χ2n) is 7.70. The third kappa shape index (κ3) is 2.58. The van der Waals surface area contributed by atoms with Crippen LogP contribution >= 0.6 is 0 Å². The van der Waals surface area contributed by atoms with Crippen molar-refractivity contribution in [2.45, 2.75) is 45.4 Å². The van der Waals surface area contributed by atoms with Gasteiger partial charge in [-0.15, -0.1) is 10.2 Å². The van der Waals surface area contributed by atoms with Crippen LogP contribution in [0.5, 0.6) is 0 Å². The monoisotopic (exact) mass is 347 g/mol. The quantitative estimate of drug-likeness (QED) is 0.851. The Bertz CT molecular complexity index is 872. The van der Waals surface area contributed by atoms with Crippen LogP contribution in [0.1, 0.15) is 42.2 Å². The van der Waals surface area contributed by atoms with Crippen LogP contribution in [0.3, 0.4) is 0 Å². The number of hydrogen-bond donors (Lipinski definition) is 0. The highest BCUT2D eigenvalue weighted by Crippen LogP contribution is 2.37. The van der Waals surface area contributed by atoms with Gasteiger partial charge in [0.25, 0.3) is 0 Å². The first-order chi connectivity index (χ1) is 12.7. The Morgan fingerprint density at radius 2 is 1.69 bits per heavy atom. The molecule has 0 bridgehead atoms. The summed E-state index contributed by atoms with van der Waals surface area (Å²) in [4.78, 5) is 4.99. The molecule has 0 saturated carbocycles. The van der Waals surface area contributed by atoms with Gasteiger partial charge in [-0.05, 0) is 56.6 Å². The van der Waals surface area contributed by atoms with Crippen LogP contribution in [0.2, 0.25) is 0 Å². The summed E-state index contributed by atoms with van der Waals surface area (Å²) in [6.45, 7) is 8.78. The van der Waals surface area contributed by atoms with Gasteiger partial charge in [-0.2, -0.15) is 0 Å². The molecule has 3 aliphatic rings. The number of benzene rings is 1. The lowest BCUT2D eigenvalue weighted by molar-refractivity contribution is 0.172. The van der Waals surface area contributed by atoms with E-state index in [0.29, 0.717) is 12.1 Å². The minimum atomic E-state index is 0.302. The van der Waals surface area contributed by atoms with Crippen LogP contribution in [-0.4, -0.2) is 43.7 Å². The SMILES string of the molecule is CC1=CC2C(C=Cc3nnc(C)n32)N1Cc1ccc(CN2CCC2)cc1. The highest BCUT2D eigenvalue weighted by atomic mass is 15.3. The van der Waals surface area contributed by atoms with Crippen molar-refractivity contribution in [1.82, 2.24) is 24.6 Å². The zero-order valence-electron chi connectivity index (χ0n) is 15.5. The number of aryl methyl sites for hydroxylation is 1. The zero-order valence-corrected chi connectivity index (χ0v) is 15.5. The van der Waals surface area contributed by atoms with Gasteiger partial charge in [0.1, 0.15) is 5.82 Å². The number of likely N-dealkylation sites (tertiary alicyclic amines) is 1. The number of rotatable bonds is 4. The second kappa shape index (κ2) is 6.09. The molecule has 1 aromatic heterocycles. The van der Waals surface area contributed by atoms with Gasteiger partial charge in [0.05, 0.1) is 12.1 Å². The number of hydrogen-bond acceptors (Lipinski definition) is 4. The van der Waals surface area contributed by atoms with Crippen LogP contribution in [0.15, 0.2) is 42.1 Å². The van der Waals surface area contributed by atoms with E-state index in [9.17, 15) is 0 Å². The van der Waals surface area contributed by atoms with E-state index in [1.165, 1.54) is 36.3 Å². The van der Waals surface area contributed by atoms with E-state index in [-0.39, 0.29) is 0 Å². The largest absolute Gasteiger partial charge is 0.362 e. The van der Waals surface area contributed by atoms with Crippen molar-refractivity contribution in [3.63, 3.8) is 0 Å². The molecule has 2 atom stereocenters. The van der Waals surface area contributed by atoms with E-state index in [2.05, 4.69) is 74.0 Å². The molecule has 4 heterocycles. The number of allylic oxidation sites excluding steroid dienone is 1. The standard InChI is InChI=1S/C21H25N5/c1-15-12-20-19(8-9-21-23-22-16(2)26(20)21)25(15)14-18-6-4-17(5-7-18)13-24-10-3-11-24/h4-9,12,19-20H,3,10-11,13-14H2,1-2H3. The second-order valence-corrected chi connectivity index (χ2v) is 7.70. The first-order valence-corrected chi connectivity index (χ1v) is 9.54. The average molecular weight is 347 g/mol.